The summed E-state index contributed by atoms with van der Waals surface area (Å²) >= 11 is 1.46. The van der Waals surface area contributed by atoms with Crippen molar-refractivity contribution >= 4 is 17.9 Å². The summed E-state index contributed by atoms with van der Waals surface area (Å²) in [7, 11) is 0. The average Bonchev–Trinajstić information content (AvgIpc) is 2.87. The predicted octanol–water partition coefficient (Wildman–Crippen LogP) is 3.65. The maximum absolute atomic E-state index is 13.4. The second kappa shape index (κ2) is 7.17. The quantitative estimate of drug-likeness (QED) is 0.624. The largest absolute Gasteiger partial charge is 0.478 e. The van der Waals surface area contributed by atoms with Crippen LogP contribution in [0.15, 0.2) is 18.3 Å². The second-order valence-electron chi connectivity index (χ2n) is 5.99. The summed E-state index contributed by atoms with van der Waals surface area (Å²) in [6.07, 6.45) is 2.87. The zero-order valence-corrected chi connectivity index (χ0v) is 13.9. The Labute approximate surface area is 134 Å². The summed E-state index contributed by atoms with van der Waals surface area (Å²) in [5, 5.41) is -0.00502. The van der Waals surface area contributed by atoms with Gasteiger partial charge in [0.2, 0.25) is 0 Å². The second-order valence-corrected chi connectivity index (χ2v) is 7.11. The molecule has 2 rings (SSSR count). The first-order chi connectivity index (χ1) is 10.4. The monoisotopic (exact) mass is 328 g/mol. The number of hydrogen-bond acceptors (Lipinski definition) is 5. The molecule has 0 bridgehead atoms. The Bertz CT molecular complexity index is 522. The zero-order chi connectivity index (χ0) is 16.2. The van der Waals surface area contributed by atoms with Gasteiger partial charge in [0.15, 0.2) is 5.75 Å². The van der Waals surface area contributed by atoms with Gasteiger partial charge in [0.05, 0.1) is 5.37 Å². The van der Waals surface area contributed by atoms with E-state index in [0.717, 1.165) is 12.8 Å². The smallest absolute Gasteiger partial charge is 0.411 e. The van der Waals surface area contributed by atoms with Crippen LogP contribution in [0.4, 0.5) is 9.18 Å². The number of nitrogens with zero attached hydrogens (tertiary/aromatic N) is 2. The van der Waals surface area contributed by atoms with E-state index in [-0.39, 0.29) is 23.2 Å². The van der Waals surface area contributed by atoms with Crippen LogP contribution in [0.1, 0.15) is 33.6 Å². The van der Waals surface area contributed by atoms with Crippen LogP contribution in [0.3, 0.4) is 0 Å². The number of hydrogen-bond donors (Lipinski definition) is 0. The van der Waals surface area contributed by atoms with Crippen molar-refractivity contribution in [2.24, 2.45) is 0 Å². The lowest BCUT2D eigenvalue weighted by atomic mass is 10.2. The van der Waals surface area contributed by atoms with Crippen molar-refractivity contribution in [2.45, 2.75) is 44.6 Å². The summed E-state index contributed by atoms with van der Waals surface area (Å²) < 4.78 is 24.1. The number of carbonyl (C=O) groups excluding carboxylic acids is 1. The fourth-order valence-corrected chi connectivity index (χ4v) is 3.15. The number of ether oxygens (including phenoxy) is 2. The number of pyridine rings is 1. The van der Waals surface area contributed by atoms with Gasteiger partial charge in [0.1, 0.15) is 11.5 Å². The number of likely N-dealkylation sites (tertiary alicyclic amines) is 1. The highest BCUT2D eigenvalue weighted by Crippen LogP contribution is 2.29. The molecule has 1 atom stereocenters. The van der Waals surface area contributed by atoms with Crippen molar-refractivity contribution in [2.75, 3.05) is 12.5 Å². The maximum Gasteiger partial charge on any atom is 0.411 e. The van der Waals surface area contributed by atoms with Gasteiger partial charge in [0.25, 0.3) is 5.95 Å². The first kappa shape index (κ1) is 16.9. The molecule has 1 saturated heterocycles. The number of aromatic nitrogens is 1. The van der Waals surface area contributed by atoms with Crippen molar-refractivity contribution < 1.29 is 18.7 Å². The van der Waals surface area contributed by atoms with Crippen molar-refractivity contribution in [3.05, 3.63) is 24.3 Å². The maximum atomic E-state index is 13.4. The van der Waals surface area contributed by atoms with E-state index < -0.39 is 11.5 Å². The van der Waals surface area contributed by atoms with Gasteiger partial charge in [-0.1, -0.05) is 11.8 Å². The highest BCUT2D eigenvalue weighted by molar-refractivity contribution is 7.99. The van der Waals surface area contributed by atoms with Gasteiger partial charge in [-0.3, -0.25) is 4.90 Å². The van der Waals surface area contributed by atoms with Gasteiger partial charge >= 0.3 is 6.09 Å². The molecule has 0 aromatic carbocycles. The van der Waals surface area contributed by atoms with E-state index in [9.17, 15) is 9.18 Å². The van der Waals surface area contributed by atoms with E-state index in [1.54, 1.807) is 11.0 Å². The molecule has 0 N–H and O–H groups in total. The minimum Gasteiger partial charge on any atom is -0.478 e. The summed E-state index contributed by atoms with van der Waals surface area (Å²) in [6, 6.07) is 3.15. The highest BCUT2D eigenvalue weighted by Gasteiger charge is 2.32. The Morgan fingerprint density at radius 2 is 2.32 bits per heavy atom. The molecule has 7 heteroatoms. The minimum absolute atomic E-state index is 0.00502. The molecule has 1 aromatic heterocycles. The summed E-state index contributed by atoms with van der Waals surface area (Å²) in [5.41, 5.74) is -0.510. The Hall–Kier alpha value is -1.50. The SMILES string of the molecule is CC(C)(C)OC(=O)N1CCC[C@H]1SCOc1cccnc1F. The molecule has 0 unspecified atom stereocenters. The Morgan fingerprint density at radius 3 is 3.00 bits per heavy atom. The Morgan fingerprint density at radius 1 is 1.55 bits per heavy atom. The normalized spacial score (nSPS) is 18.4. The van der Waals surface area contributed by atoms with Gasteiger partial charge < -0.3 is 9.47 Å². The van der Waals surface area contributed by atoms with E-state index in [1.165, 1.54) is 24.0 Å². The third-order valence-corrected chi connectivity index (χ3v) is 4.15. The zero-order valence-electron chi connectivity index (χ0n) is 13.0. The lowest BCUT2D eigenvalue weighted by Gasteiger charge is -2.28. The van der Waals surface area contributed by atoms with E-state index >= 15 is 0 Å². The van der Waals surface area contributed by atoms with E-state index in [2.05, 4.69) is 4.98 Å². The molecular formula is C15H21FN2O3S. The minimum atomic E-state index is -0.626. The molecule has 2 heterocycles. The van der Waals surface area contributed by atoms with Crippen LogP contribution in [-0.2, 0) is 4.74 Å². The molecule has 122 valence electrons. The van der Waals surface area contributed by atoms with Gasteiger partial charge in [-0.2, -0.15) is 4.39 Å². The fraction of sp³-hybridized carbons (Fsp3) is 0.600. The fourth-order valence-electron chi connectivity index (χ4n) is 2.09. The standard InChI is InChI=1S/C15H21FN2O3S/c1-15(2,3)21-14(19)18-9-5-7-12(18)22-10-20-11-6-4-8-17-13(11)16/h4,6,8,12H,5,7,9-10H2,1-3H3/t12-/m1/s1. The van der Waals surface area contributed by atoms with E-state index in [0.29, 0.717) is 6.54 Å². The Balaban J connectivity index is 1.84. The molecule has 0 radical (unpaired) electrons. The van der Waals surface area contributed by atoms with Crippen LogP contribution >= 0.6 is 11.8 Å². The predicted molar refractivity (Wildman–Crippen MR) is 83.2 cm³/mol. The average molecular weight is 328 g/mol. The van der Waals surface area contributed by atoms with Crippen molar-refractivity contribution in [1.82, 2.24) is 9.88 Å². The van der Waals surface area contributed by atoms with E-state index in [4.69, 9.17) is 9.47 Å². The van der Waals surface area contributed by atoms with Crippen molar-refractivity contribution in [1.29, 1.82) is 0 Å². The molecule has 1 aliphatic rings. The summed E-state index contributed by atoms with van der Waals surface area (Å²) in [5.74, 6) is -0.248. The summed E-state index contributed by atoms with van der Waals surface area (Å²) in [4.78, 5) is 17.4. The molecule has 0 saturated carbocycles. The van der Waals surface area contributed by atoms with Gasteiger partial charge in [0, 0.05) is 12.7 Å². The summed E-state index contributed by atoms with van der Waals surface area (Å²) in [6.45, 7) is 6.21. The topological polar surface area (TPSA) is 51.7 Å². The van der Waals surface area contributed by atoms with Crippen molar-refractivity contribution in [3.8, 4) is 5.75 Å². The van der Waals surface area contributed by atoms with Crippen LogP contribution in [0.25, 0.3) is 0 Å². The van der Waals surface area contributed by atoms with Crippen LogP contribution in [0.5, 0.6) is 5.75 Å². The van der Waals surface area contributed by atoms with Crippen LogP contribution < -0.4 is 4.74 Å². The molecule has 0 aliphatic carbocycles. The molecule has 1 aliphatic heterocycles. The highest BCUT2D eigenvalue weighted by atomic mass is 32.2. The number of thioether (sulfide) groups is 1. The number of rotatable bonds is 4. The van der Waals surface area contributed by atoms with Gasteiger partial charge in [-0.15, -0.1) is 0 Å². The van der Waals surface area contributed by atoms with Crippen molar-refractivity contribution in [3.63, 3.8) is 0 Å². The molecule has 5 nitrogen and oxygen atoms in total. The molecule has 1 amide bonds. The number of carbonyl (C=O) groups is 1. The first-order valence-corrected chi connectivity index (χ1v) is 8.26. The van der Waals surface area contributed by atoms with E-state index in [1.807, 2.05) is 20.8 Å². The molecule has 0 spiro atoms. The third-order valence-electron chi connectivity index (χ3n) is 3.03. The van der Waals surface area contributed by atoms with Crippen LogP contribution in [0, 0.1) is 5.95 Å². The lowest BCUT2D eigenvalue weighted by Crippen LogP contribution is -2.38. The number of amides is 1. The molecule has 22 heavy (non-hydrogen) atoms. The lowest BCUT2D eigenvalue weighted by molar-refractivity contribution is 0.0277. The molecule has 1 aromatic rings. The van der Waals surface area contributed by atoms with Gasteiger partial charge in [-0.05, 0) is 45.7 Å². The third kappa shape index (κ3) is 4.76. The Kier molecular flexibility index (Phi) is 5.50. The van der Waals surface area contributed by atoms with Crippen LogP contribution in [-0.4, -0.2) is 39.4 Å². The molecular weight excluding hydrogens is 307 g/mol. The van der Waals surface area contributed by atoms with Gasteiger partial charge in [-0.25, -0.2) is 9.78 Å². The van der Waals surface area contributed by atoms with Crippen LogP contribution in [0.2, 0.25) is 0 Å². The molecule has 1 fully saturated rings. The number of halogens is 1. The first-order valence-electron chi connectivity index (χ1n) is 7.21.